The van der Waals surface area contributed by atoms with Gasteiger partial charge in [-0.1, -0.05) is 13.8 Å². The Morgan fingerprint density at radius 2 is 2.17 bits per heavy atom. The lowest BCUT2D eigenvalue weighted by Crippen LogP contribution is -1.98. The van der Waals surface area contributed by atoms with E-state index in [0.29, 0.717) is 0 Å². The van der Waals surface area contributed by atoms with Gasteiger partial charge in [-0.15, -0.1) is 0 Å². The molecule has 0 aromatic carbocycles. The van der Waals surface area contributed by atoms with Crippen LogP contribution in [0.25, 0.3) is 0 Å². The van der Waals surface area contributed by atoms with Crippen LogP contribution in [0.3, 0.4) is 0 Å². The maximum Gasteiger partial charge on any atom is 0.188 e. The van der Waals surface area contributed by atoms with Crippen LogP contribution in [-0.4, -0.2) is 18.9 Å². The molecule has 3 heteroatoms. The molecule has 68 valence electrons. The van der Waals surface area contributed by atoms with Gasteiger partial charge in [-0.25, -0.2) is 0 Å². The minimum atomic E-state index is 0.270. The Morgan fingerprint density at radius 3 is 2.67 bits per heavy atom. The van der Waals surface area contributed by atoms with E-state index < -0.39 is 0 Å². The highest BCUT2D eigenvalue weighted by Gasteiger charge is 1.87. The van der Waals surface area contributed by atoms with Gasteiger partial charge in [-0.2, -0.15) is 0 Å². The molecule has 1 aromatic heterocycles. The first-order valence-electron chi connectivity index (χ1n) is 3.95. The number of aromatic nitrogens is 1. The van der Waals surface area contributed by atoms with Crippen molar-refractivity contribution in [2.24, 2.45) is 0 Å². The zero-order chi connectivity index (χ0) is 9.23. The normalized spacial score (nSPS) is 8.25. The molecule has 0 fully saturated rings. The summed E-state index contributed by atoms with van der Waals surface area (Å²) in [6.45, 7) is 4.27. The molecule has 0 bridgehead atoms. The number of hydrogen-bond acceptors (Lipinski definition) is 3. The van der Waals surface area contributed by atoms with Gasteiger partial charge < -0.3 is 9.47 Å². The molecule has 0 saturated heterocycles. The summed E-state index contributed by atoms with van der Waals surface area (Å²) in [6.07, 6.45) is 3.33. The molecule has 0 radical (unpaired) electrons. The molecule has 0 aliphatic carbocycles. The fraction of sp³-hybridized carbons (Fsp3) is 0.444. The monoisotopic (exact) mass is 169 g/mol. The van der Waals surface area contributed by atoms with Crippen molar-refractivity contribution in [1.82, 2.24) is 4.98 Å². The number of methoxy groups -OCH3 is 1. The Hall–Kier alpha value is -1.09. The van der Waals surface area contributed by atoms with Gasteiger partial charge in [0, 0.05) is 13.3 Å². The maximum atomic E-state index is 5.07. The van der Waals surface area contributed by atoms with Gasteiger partial charge >= 0.3 is 0 Å². The first-order valence-corrected chi connectivity index (χ1v) is 3.95. The van der Waals surface area contributed by atoms with Crippen LogP contribution in [0.15, 0.2) is 24.5 Å². The summed E-state index contributed by atoms with van der Waals surface area (Å²) < 4.78 is 9.77. The van der Waals surface area contributed by atoms with Crippen LogP contribution in [0.4, 0.5) is 0 Å². The SMILES string of the molecule is CC.COCOc1cccnc1. The third-order valence-electron chi connectivity index (χ3n) is 0.978. The molecule has 0 amide bonds. The van der Waals surface area contributed by atoms with Gasteiger partial charge in [0.15, 0.2) is 6.79 Å². The van der Waals surface area contributed by atoms with Crippen LogP contribution in [0.5, 0.6) is 5.75 Å². The van der Waals surface area contributed by atoms with E-state index in [4.69, 9.17) is 9.47 Å². The highest BCUT2D eigenvalue weighted by Crippen LogP contribution is 2.04. The smallest absolute Gasteiger partial charge is 0.188 e. The zero-order valence-corrected chi connectivity index (χ0v) is 7.78. The van der Waals surface area contributed by atoms with Crippen LogP contribution < -0.4 is 4.74 Å². The number of nitrogens with zero attached hydrogens (tertiary/aromatic N) is 1. The Morgan fingerprint density at radius 1 is 1.42 bits per heavy atom. The minimum absolute atomic E-state index is 0.270. The second-order valence-corrected chi connectivity index (χ2v) is 1.74. The van der Waals surface area contributed by atoms with E-state index in [9.17, 15) is 0 Å². The van der Waals surface area contributed by atoms with Crippen molar-refractivity contribution in [1.29, 1.82) is 0 Å². The van der Waals surface area contributed by atoms with Crippen LogP contribution in [0.2, 0.25) is 0 Å². The fourth-order valence-corrected chi connectivity index (χ4v) is 0.559. The average Bonchev–Trinajstić information content (AvgIpc) is 2.19. The van der Waals surface area contributed by atoms with Crippen molar-refractivity contribution in [3.8, 4) is 5.75 Å². The lowest BCUT2D eigenvalue weighted by atomic mass is 10.5. The predicted octanol–water partition coefficient (Wildman–Crippen LogP) is 2.09. The zero-order valence-electron chi connectivity index (χ0n) is 7.78. The summed E-state index contributed by atoms with van der Waals surface area (Å²) >= 11 is 0. The highest BCUT2D eigenvalue weighted by atomic mass is 16.7. The summed E-state index contributed by atoms with van der Waals surface area (Å²) in [5.41, 5.74) is 0. The van der Waals surface area contributed by atoms with Crippen molar-refractivity contribution in [3.63, 3.8) is 0 Å². The van der Waals surface area contributed by atoms with Gasteiger partial charge in [0.05, 0.1) is 6.20 Å². The van der Waals surface area contributed by atoms with Crippen molar-refractivity contribution in [2.45, 2.75) is 13.8 Å². The molecule has 0 aliphatic rings. The molecule has 0 aliphatic heterocycles. The molecular formula is C9H15NO2. The number of pyridine rings is 1. The van der Waals surface area contributed by atoms with Gasteiger partial charge in [-0.3, -0.25) is 4.98 Å². The lowest BCUT2D eigenvalue weighted by molar-refractivity contribution is 0.0508. The molecule has 1 heterocycles. The highest BCUT2D eigenvalue weighted by molar-refractivity contribution is 5.14. The summed E-state index contributed by atoms with van der Waals surface area (Å²) in [6, 6.07) is 3.64. The third-order valence-corrected chi connectivity index (χ3v) is 0.978. The summed E-state index contributed by atoms with van der Waals surface area (Å²) in [4.78, 5) is 3.86. The number of hydrogen-bond donors (Lipinski definition) is 0. The first kappa shape index (κ1) is 10.9. The van der Waals surface area contributed by atoms with Crippen molar-refractivity contribution in [3.05, 3.63) is 24.5 Å². The maximum absolute atomic E-state index is 5.07. The van der Waals surface area contributed by atoms with Crippen LogP contribution in [0, 0.1) is 0 Å². The molecule has 3 nitrogen and oxygen atoms in total. The van der Waals surface area contributed by atoms with Crippen LogP contribution in [0.1, 0.15) is 13.8 Å². The van der Waals surface area contributed by atoms with E-state index >= 15 is 0 Å². The second kappa shape index (κ2) is 8.01. The van der Waals surface area contributed by atoms with E-state index in [1.807, 2.05) is 26.0 Å². The van der Waals surface area contributed by atoms with Gasteiger partial charge in [0.1, 0.15) is 5.75 Å². The van der Waals surface area contributed by atoms with Gasteiger partial charge in [-0.05, 0) is 12.1 Å². The van der Waals surface area contributed by atoms with Crippen molar-refractivity contribution >= 4 is 0 Å². The Balaban J connectivity index is 0.000000561. The molecule has 1 rings (SSSR count). The Labute approximate surface area is 73.3 Å². The topological polar surface area (TPSA) is 31.4 Å². The minimum Gasteiger partial charge on any atom is -0.466 e. The summed E-state index contributed by atoms with van der Waals surface area (Å²) in [5, 5.41) is 0. The molecule has 0 spiro atoms. The fourth-order valence-electron chi connectivity index (χ4n) is 0.559. The lowest BCUT2D eigenvalue weighted by Gasteiger charge is -2.01. The van der Waals surface area contributed by atoms with Crippen LogP contribution >= 0.6 is 0 Å². The van der Waals surface area contributed by atoms with Gasteiger partial charge in [0.2, 0.25) is 0 Å². The van der Waals surface area contributed by atoms with E-state index in [1.54, 1.807) is 19.5 Å². The molecule has 0 saturated carbocycles. The largest absolute Gasteiger partial charge is 0.466 e. The van der Waals surface area contributed by atoms with Gasteiger partial charge in [0.25, 0.3) is 0 Å². The first-order chi connectivity index (χ1) is 5.93. The Kier molecular flexibility index (Phi) is 7.28. The molecule has 0 N–H and O–H groups in total. The molecular weight excluding hydrogens is 154 g/mol. The van der Waals surface area contributed by atoms with Crippen molar-refractivity contribution < 1.29 is 9.47 Å². The number of rotatable bonds is 3. The van der Waals surface area contributed by atoms with E-state index in [1.165, 1.54) is 0 Å². The second-order valence-electron chi connectivity index (χ2n) is 1.74. The quantitative estimate of drug-likeness (QED) is 0.649. The molecule has 1 aromatic rings. The van der Waals surface area contributed by atoms with E-state index in [2.05, 4.69) is 4.98 Å². The predicted molar refractivity (Wildman–Crippen MR) is 48.1 cm³/mol. The molecule has 0 atom stereocenters. The molecule has 12 heavy (non-hydrogen) atoms. The third kappa shape index (κ3) is 4.68. The van der Waals surface area contributed by atoms with E-state index in [0.717, 1.165) is 5.75 Å². The summed E-state index contributed by atoms with van der Waals surface area (Å²) in [7, 11) is 1.58. The van der Waals surface area contributed by atoms with Crippen LogP contribution in [-0.2, 0) is 4.74 Å². The van der Waals surface area contributed by atoms with E-state index in [-0.39, 0.29) is 6.79 Å². The average molecular weight is 169 g/mol. The van der Waals surface area contributed by atoms with Crippen molar-refractivity contribution in [2.75, 3.05) is 13.9 Å². The molecule has 0 unspecified atom stereocenters. The summed E-state index contributed by atoms with van der Waals surface area (Å²) in [5.74, 6) is 0.726. The standard InChI is InChI=1S/C7H9NO2.C2H6/c1-9-6-10-7-3-2-4-8-5-7;1-2/h2-5H,6H2,1H3;1-2H3. The Bertz CT molecular complexity index is 177. The number of ether oxygens (including phenoxy) is 2.